The maximum Gasteiger partial charge on any atom is 0.264 e. The van der Waals surface area contributed by atoms with Gasteiger partial charge in [0, 0.05) is 22.1 Å². The highest BCUT2D eigenvalue weighted by atomic mass is 35.5. The number of amides is 2. The van der Waals surface area contributed by atoms with E-state index in [-0.39, 0.29) is 27.2 Å². The summed E-state index contributed by atoms with van der Waals surface area (Å²) in [4.78, 5) is 28.2. The molecule has 0 aromatic heterocycles. The number of hydrogen-bond donors (Lipinski definition) is 1. The molecule has 0 bridgehead atoms. The molecule has 0 aliphatic rings. The summed E-state index contributed by atoms with van der Waals surface area (Å²) in [5.41, 5.74) is 0.0672. The van der Waals surface area contributed by atoms with E-state index in [2.05, 4.69) is 5.32 Å². The van der Waals surface area contributed by atoms with Gasteiger partial charge in [-0.15, -0.1) is 0 Å². The van der Waals surface area contributed by atoms with Crippen LogP contribution in [-0.2, 0) is 26.2 Å². The van der Waals surface area contributed by atoms with Crippen LogP contribution in [-0.4, -0.2) is 43.3 Å². The Bertz CT molecular complexity index is 1410. The molecule has 208 valence electrons. The van der Waals surface area contributed by atoms with Crippen LogP contribution < -0.4 is 9.62 Å². The molecule has 3 aromatic carbocycles. The number of anilines is 1. The fraction of sp³-hybridized carbons (Fsp3) is 0.286. The predicted molar refractivity (Wildman–Crippen MR) is 152 cm³/mol. The van der Waals surface area contributed by atoms with Gasteiger partial charge in [0.1, 0.15) is 18.4 Å². The Labute approximate surface area is 238 Å². The van der Waals surface area contributed by atoms with E-state index in [1.165, 1.54) is 59.5 Å². The number of halogens is 3. The van der Waals surface area contributed by atoms with Crippen molar-refractivity contribution in [1.82, 2.24) is 10.2 Å². The van der Waals surface area contributed by atoms with E-state index in [1.807, 2.05) is 0 Å². The molecule has 39 heavy (non-hydrogen) atoms. The van der Waals surface area contributed by atoms with E-state index < -0.39 is 45.8 Å². The number of rotatable bonds is 9. The van der Waals surface area contributed by atoms with Crippen molar-refractivity contribution in [3.05, 3.63) is 94.2 Å². The number of nitrogens with one attached hydrogen (secondary N) is 1. The van der Waals surface area contributed by atoms with Gasteiger partial charge in [-0.1, -0.05) is 53.5 Å². The van der Waals surface area contributed by atoms with E-state index in [0.717, 1.165) is 4.31 Å². The van der Waals surface area contributed by atoms with Gasteiger partial charge in [-0.05, 0) is 75.7 Å². The molecule has 0 aliphatic heterocycles. The van der Waals surface area contributed by atoms with Crippen molar-refractivity contribution in [2.45, 2.75) is 50.7 Å². The van der Waals surface area contributed by atoms with Crippen LogP contribution in [0.25, 0.3) is 0 Å². The lowest BCUT2D eigenvalue weighted by atomic mass is 10.1. The maximum absolute atomic E-state index is 13.9. The van der Waals surface area contributed by atoms with Crippen LogP contribution in [0.2, 0.25) is 10.0 Å². The Morgan fingerprint density at radius 2 is 1.51 bits per heavy atom. The molecule has 11 heteroatoms. The summed E-state index contributed by atoms with van der Waals surface area (Å²) in [6.07, 6.45) is 0. The zero-order valence-corrected chi connectivity index (χ0v) is 24.3. The van der Waals surface area contributed by atoms with Gasteiger partial charge in [0.2, 0.25) is 11.8 Å². The first kappa shape index (κ1) is 30.4. The van der Waals surface area contributed by atoms with E-state index in [9.17, 15) is 22.4 Å². The van der Waals surface area contributed by atoms with Crippen LogP contribution >= 0.6 is 23.2 Å². The lowest BCUT2D eigenvalue weighted by Gasteiger charge is -2.33. The number of sulfonamides is 1. The van der Waals surface area contributed by atoms with Gasteiger partial charge in [-0.25, -0.2) is 12.8 Å². The van der Waals surface area contributed by atoms with Crippen LogP contribution in [0.1, 0.15) is 33.3 Å². The largest absolute Gasteiger partial charge is 0.350 e. The van der Waals surface area contributed by atoms with Gasteiger partial charge in [-0.3, -0.25) is 13.9 Å². The lowest BCUT2D eigenvalue weighted by molar-refractivity contribution is -0.140. The summed E-state index contributed by atoms with van der Waals surface area (Å²) < 4.78 is 41.9. The highest BCUT2D eigenvalue weighted by molar-refractivity contribution is 7.92. The fourth-order valence-corrected chi connectivity index (χ4v) is 5.71. The number of carbonyl (C=O) groups is 2. The van der Waals surface area contributed by atoms with Gasteiger partial charge >= 0.3 is 0 Å². The first-order chi connectivity index (χ1) is 18.2. The zero-order valence-electron chi connectivity index (χ0n) is 22.0. The summed E-state index contributed by atoms with van der Waals surface area (Å²) in [5.74, 6) is -1.54. The molecule has 0 saturated heterocycles. The number of benzene rings is 3. The Hall–Kier alpha value is -3.14. The third-order valence-electron chi connectivity index (χ3n) is 5.68. The number of nitrogens with zero attached hydrogens (tertiary/aromatic N) is 2. The quantitative estimate of drug-likeness (QED) is 0.347. The average molecular weight is 595 g/mol. The summed E-state index contributed by atoms with van der Waals surface area (Å²) >= 11 is 12.4. The monoisotopic (exact) mass is 593 g/mol. The predicted octanol–water partition coefficient (Wildman–Crippen LogP) is 5.66. The normalized spacial score (nSPS) is 12.5. The lowest BCUT2D eigenvalue weighted by Crippen LogP contribution is -2.54. The summed E-state index contributed by atoms with van der Waals surface area (Å²) in [7, 11) is -4.25. The molecule has 0 saturated carbocycles. The van der Waals surface area contributed by atoms with Crippen LogP contribution in [0, 0.1) is 5.82 Å². The Morgan fingerprint density at radius 3 is 2.05 bits per heavy atom. The second kappa shape index (κ2) is 12.4. The van der Waals surface area contributed by atoms with Crippen molar-refractivity contribution < 1.29 is 22.4 Å². The van der Waals surface area contributed by atoms with Gasteiger partial charge in [0.05, 0.1) is 10.6 Å². The molecule has 0 spiro atoms. The minimum Gasteiger partial charge on any atom is -0.350 e. The first-order valence-corrected chi connectivity index (χ1v) is 14.3. The molecule has 7 nitrogen and oxygen atoms in total. The smallest absolute Gasteiger partial charge is 0.264 e. The average Bonchev–Trinajstić information content (AvgIpc) is 2.85. The maximum atomic E-state index is 13.9. The third-order valence-corrected chi connectivity index (χ3v) is 7.90. The molecule has 0 fully saturated rings. The van der Waals surface area contributed by atoms with Crippen molar-refractivity contribution in [2.24, 2.45) is 0 Å². The topological polar surface area (TPSA) is 86.8 Å². The van der Waals surface area contributed by atoms with Crippen LogP contribution in [0.5, 0.6) is 0 Å². The molecule has 1 atom stereocenters. The Balaban J connectivity index is 2.05. The molecule has 1 unspecified atom stereocenters. The van der Waals surface area contributed by atoms with E-state index in [0.29, 0.717) is 5.56 Å². The molecule has 3 aromatic rings. The first-order valence-electron chi connectivity index (χ1n) is 12.1. The molecule has 2 amide bonds. The summed E-state index contributed by atoms with van der Waals surface area (Å²) in [6.45, 7) is 6.26. The molecule has 3 rings (SSSR count). The fourth-order valence-electron chi connectivity index (χ4n) is 3.77. The molecular formula is C28H30Cl2FN3O4S. The minimum atomic E-state index is -4.25. The zero-order chi connectivity index (χ0) is 29.0. The van der Waals surface area contributed by atoms with E-state index in [4.69, 9.17) is 23.2 Å². The van der Waals surface area contributed by atoms with Crippen molar-refractivity contribution >= 4 is 50.7 Å². The minimum absolute atomic E-state index is 0.0440. The standard InChI is InChI=1S/C28H30Cl2FN3O4S/c1-19(27(36)32-28(2,3)4)33(17-20-10-12-23(31)13-11-20)26(35)18-34(24-15-21(29)14-22(30)16-24)39(37,38)25-8-6-5-7-9-25/h5-16,19H,17-18H2,1-4H3,(H,32,36). The van der Waals surface area contributed by atoms with Gasteiger partial charge in [0.15, 0.2) is 0 Å². The van der Waals surface area contributed by atoms with Crippen LogP contribution in [0.4, 0.5) is 10.1 Å². The molecule has 0 radical (unpaired) electrons. The Morgan fingerprint density at radius 1 is 0.949 bits per heavy atom. The molecular weight excluding hydrogens is 564 g/mol. The SMILES string of the molecule is CC(C(=O)NC(C)(C)C)N(Cc1ccc(F)cc1)C(=O)CN(c1cc(Cl)cc(Cl)c1)S(=O)(=O)c1ccccc1. The van der Waals surface area contributed by atoms with Crippen molar-refractivity contribution in [3.63, 3.8) is 0 Å². The second-order valence-corrected chi connectivity index (χ2v) is 12.8. The van der Waals surface area contributed by atoms with E-state index in [1.54, 1.807) is 45.9 Å². The van der Waals surface area contributed by atoms with Crippen molar-refractivity contribution in [2.75, 3.05) is 10.8 Å². The highest BCUT2D eigenvalue weighted by Crippen LogP contribution is 2.30. The van der Waals surface area contributed by atoms with Crippen LogP contribution in [0.15, 0.2) is 77.7 Å². The van der Waals surface area contributed by atoms with Crippen LogP contribution in [0.3, 0.4) is 0 Å². The molecule has 1 N–H and O–H groups in total. The van der Waals surface area contributed by atoms with Gasteiger partial charge in [0.25, 0.3) is 10.0 Å². The second-order valence-electron chi connectivity index (χ2n) is 10.0. The summed E-state index contributed by atoms with van der Waals surface area (Å²) in [5, 5.41) is 3.21. The van der Waals surface area contributed by atoms with Crippen molar-refractivity contribution in [1.29, 1.82) is 0 Å². The number of hydrogen-bond acceptors (Lipinski definition) is 4. The Kier molecular flexibility index (Phi) is 9.64. The van der Waals surface area contributed by atoms with Gasteiger partial charge < -0.3 is 10.2 Å². The number of carbonyl (C=O) groups excluding carboxylic acids is 2. The van der Waals surface area contributed by atoms with Crippen molar-refractivity contribution in [3.8, 4) is 0 Å². The molecule has 0 heterocycles. The van der Waals surface area contributed by atoms with E-state index >= 15 is 0 Å². The third kappa shape index (κ3) is 8.17. The summed E-state index contributed by atoms with van der Waals surface area (Å²) in [6, 6.07) is 16.4. The molecule has 0 aliphatic carbocycles. The highest BCUT2D eigenvalue weighted by Gasteiger charge is 2.33. The van der Waals surface area contributed by atoms with Gasteiger partial charge in [-0.2, -0.15) is 0 Å².